The minimum atomic E-state index is -4.03. The molecule has 0 bridgehead atoms. The van der Waals surface area contributed by atoms with Gasteiger partial charge in [-0.25, -0.2) is 13.1 Å². The molecule has 1 aromatic carbocycles. The Balaban J connectivity index is 3.20. The number of anilines is 1. The maximum atomic E-state index is 12.3. The smallest absolute Gasteiger partial charge is 0.289 e. The number of nitro groups is 1. The molecule has 0 aliphatic heterocycles. The molecule has 0 amide bonds. The van der Waals surface area contributed by atoms with Gasteiger partial charge in [-0.05, 0) is 33.2 Å². The molecule has 0 heterocycles. The van der Waals surface area contributed by atoms with E-state index in [9.17, 15) is 18.5 Å². The number of nitrogens with zero attached hydrogens (tertiary/aromatic N) is 2. The Hall–Kier alpha value is -1.75. The fraction of sp³-hybridized carbons (Fsp3) is 0.455. The number of nitrogens with one attached hydrogen (secondary N) is 2. The van der Waals surface area contributed by atoms with Crippen LogP contribution in [-0.4, -0.2) is 44.9 Å². The van der Waals surface area contributed by atoms with Gasteiger partial charge < -0.3 is 10.3 Å². The monoisotopic (exact) mass is 317 g/mol. The molecular weight excluding hydrogens is 298 g/mol. The van der Waals surface area contributed by atoms with Crippen LogP contribution in [-0.2, 0) is 10.0 Å². The summed E-state index contributed by atoms with van der Waals surface area (Å²) in [6.07, 6.45) is 0. The van der Waals surface area contributed by atoms with Crippen molar-refractivity contribution in [2.45, 2.75) is 17.9 Å². The number of nitro benzene ring substituents is 1. The number of hydrazine groups is 1. The van der Waals surface area contributed by atoms with Gasteiger partial charge in [0, 0.05) is 18.7 Å². The second kappa shape index (κ2) is 6.80. The lowest BCUT2D eigenvalue weighted by Crippen LogP contribution is -2.39. The quantitative estimate of drug-likeness (QED) is 0.369. The van der Waals surface area contributed by atoms with Crippen molar-refractivity contribution in [3.63, 3.8) is 0 Å². The molecule has 10 heteroatoms. The highest BCUT2D eigenvalue weighted by molar-refractivity contribution is 7.89. The number of benzene rings is 1. The first kappa shape index (κ1) is 17.3. The summed E-state index contributed by atoms with van der Waals surface area (Å²) in [5.41, 5.74) is 2.03. The summed E-state index contributed by atoms with van der Waals surface area (Å²) < 4.78 is 27.0. The van der Waals surface area contributed by atoms with E-state index >= 15 is 0 Å². The molecule has 0 aromatic heterocycles. The largest absolute Gasteiger partial charge is 0.324 e. The minimum absolute atomic E-state index is 0.265. The zero-order valence-electron chi connectivity index (χ0n) is 12.0. The molecule has 1 rings (SSSR count). The van der Waals surface area contributed by atoms with Crippen LogP contribution in [0.2, 0.25) is 0 Å². The van der Waals surface area contributed by atoms with E-state index in [0.717, 1.165) is 12.1 Å². The normalized spacial score (nSPS) is 13.2. The molecule has 4 N–H and O–H groups in total. The molecule has 0 aliphatic carbocycles. The highest BCUT2D eigenvalue weighted by Crippen LogP contribution is 2.26. The molecule has 1 unspecified atom stereocenters. The predicted molar refractivity (Wildman–Crippen MR) is 79.2 cm³/mol. The number of likely N-dealkylation sites (N-methyl/N-ethyl adjacent to an activating group) is 1. The number of nitrogen functional groups attached to an aromatic ring is 1. The summed E-state index contributed by atoms with van der Waals surface area (Å²) in [4.78, 5) is 11.6. The molecule has 1 atom stereocenters. The van der Waals surface area contributed by atoms with Crippen molar-refractivity contribution in [2.75, 3.05) is 26.1 Å². The molecule has 1 aromatic rings. The van der Waals surface area contributed by atoms with Crippen LogP contribution >= 0.6 is 0 Å². The zero-order chi connectivity index (χ0) is 16.2. The third-order valence-corrected chi connectivity index (χ3v) is 4.23. The summed E-state index contributed by atoms with van der Waals surface area (Å²) in [6, 6.07) is 3.16. The van der Waals surface area contributed by atoms with Gasteiger partial charge in [0.2, 0.25) is 10.0 Å². The molecule has 0 spiro atoms. The number of nitrogens with two attached hydrogens (primary N) is 1. The van der Waals surface area contributed by atoms with Crippen molar-refractivity contribution in [3.05, 3.63) is 28.3 Å². The van der Waals surface area contributed by atoms with Crippen LogP contribution < -0.4 is 16.0 Å². The summed E-state index contributed by atoms with van der Waals surface area (Å²) in [6.45, 7) is 2.14. The first-order chi connectivity index (χ1) is 9.67. The van der Waals surface area contributed by atoms with Gasteiger partial charge >= 0.3 is 0 Å². The molecule has 0 aliphatic rings. The van der Waals surface area contributed by atoms with Crippen molar-refractivity contribution in [1.29, 1.82) is 0 Å². The van der Waals surface area contributed by atoms with Crippen LogP contribution in [0.25, 0.3) is 0 Å². The number of rotatable bonds is 7. The Morgan fingerprint density at radius 2 is 2.05 bits per heavy atom. The lowest BCUT2D eigenvalue weighted by molar-refractivity contribution is -0.387. The molecule has 0 radical (unpaired) electrons. The maximum Gasteiger partial charge on any atom is 0.289 e. The second-order valence-corrected chi connectivity index (χ2v) is 6.55. The molecule has 0 fully saturated rings. The summed E-state index contributed by atoms with van der Waals surface area (Å²) in [5, 5.41) is 11.0. The van der Waals surface area contributed by atoms with Gasteiger partial charge in [-0.3, -0.25) is 16.0 Å². The SMILES string of the molecule is CC(CN(C)C)NS(=O)(=O)c1cc(NN)ccc1[N+](=O)[O-]. The third kappa shape index (κ3) is 4.63. The van der Waals surface area contributed by atoms with Crippen LogP contribution in [0.15, 0.2) is 23.1 Å². The Bertz CT molecular complexity index is 617. The average Bonchev–Trinajstić information content (AvgIpc) is 2.36. The van der Waals surface area contributed by atoms with Gasteiger partial charge in [-0.1, -0.05) is 0 Å². The Kier molecular flexibility index (Phi) is 5.61. The first-order valence-electron chi connectivity index (χ1n) is 6.09. The zero-order valence-corrected chi connectivity index (χ0v) is 12.8. The second-order valence-electron chi connectivity index (χ2n) is 4.87. The Morgan fingerprint density at radius 1 is 1.43 bits per heavy atom. The van der Waals surface area contributed by atoms with E-state index in [0.29, 0.717) is 6.54 Å². The van der Waals surface area contributed by atoms with Crippen molar-refractivity contribution in [2.24, 2.45) is 5.84 Å². The molecule has 0 saturated carbocycles. The summed E-state index contributed by atoms with van der Waals surface area (Å²) in [7, 11) is -0.432. The van der Waals surface area contributed by atoms with Crippen molar-refractivity contribution in [1.82, 2.24) is 9.62 Å². The topological polar surface area (TPSA) is 131 Å². The van der Waals surface area contributed by atoms with Crippen LogP contribution in [0, 0.1) is 10.1 Å². The van der Waals surface area contributed by atoms with Crippen LogP contribution in [0.5, 0.6) is 0 Å². The molecule has 0 saturated heterocycles. The lowest BCUT2D eigenvalue weighted by atomic mass is 10.3. The van der Waals surface area contributed by atoms with Crippen LogP contribution in [0.4, 0.5) is 11.4 Å². The predicted octanol–water partition coefficient (Wildman–Crippen LogP) is 0.109. The third-order valence-electron chi connectivity index (χ3n) is 2.61. The minimum Gasteiger partial charge on any atom is -0.324 e. The number of hydrogen-bond acceptors (Lipinski definition) is 7. The first-order valence-corrected chi connectivity index (χ1v) is 7.58. The highest BCUT2D eigenvalue weighted by Gasteiger charge is 2.27. The molecule has 118 valence electrons. The van der Waals surface area contributed by atoms with Crippen LogP contribution in [0.1, 0.15) is 6.92 Å². The van der Waals surface area contributed by atoms with Gasteiger partial charge in [-0.15, -0.1) is 0 Å². The van der Waals surface area contributed by atoms with E-state index < -0.39 is 31.6 Å². The van der Waals surface area contributed by atoms with Gasteiger partial charge in [0.05, 0.1) is 10.6 Å². The number of hydrogen-bond donors (Lipinski definition) is 3. The molecular formula is C11H19N5O4S. The Labute approximate surface area is 123 Å². The van der Waals surface area contributed by atoms with Gasteiger partial charge in [0.25, 0.3) is 5.69 Å². The summed E-state index contributed by atoms with van der Waals surface area (Å²) >= 11 is 0. The van der Waals surface area contributed by atoms with Gasteiger partial charge in [0.1, 0.15) is 0 Å². The number of sulfonamides is 1. The van der Waals surface area contributed by atoms with Gasteiger partial charge in [-0.2, -0.15) is 0 Å². The van der Waals surface area contributed by atoms with Gasteiger partial charge in [0.15, 0.2) is 4.90 Å². The average molecular weight is 317 g/mol. The highest BCUT2D eigenvalue weighted by atomic mass is 32.2. The van der Waals surface area contributed by atoms with E-state index in [4.69, 9.17) is 5.84 Å². The van der Waals surface area contributed by atoms with E-state index in [-0.39, 0.29) is 5.69 Å². The van der Waals surface area contributed by atoms with Crippen LogP contribution in [0.3, 0.4) is 0 Å². The van der Waals surface area contributed by atoms with E-state index in [1.54, 1.807) is 25.9 Å². The van der Waals surface area contributed by atoms with E-state index in [1.807, 2.05) is 0 Å². The maximum absolute atomic E-state index is 12.3. The van der Waals surface area contributed by atoms with E-state index in [1.165, 1.54) is 6.07 Å². The molecule has 9 nitrogen and oxygen atoms in total. The lowest BCUT2D eigenvalue weighted by Gasteiger charge is -2.18. The summed E-state index contributed by atoms with van der Waals surface area (Å²) in [5.74, 6) is 5.21. The Morgan fingerprint density at radius 3 is 2.52 bits per heavy atom. The van der Waals surface area contributed by atoms with Crippen molar-refractivity contribution in [3.8, 4) is 0 Å². The van der Waals surface area contributed by atoms with E-state index in [2.05, 4.69) is 10.1 Å². The van der Waals surface area contributed by atoms with Crippen molar-refractivity contribution >= 4 is 21.4 Å². The van der Waals surface area contributed by atoms with Crippen molar-refractivity contribution < 1.29 is 13.3 Å². The standard InChI is InChI=1S/C11H19N5O4S/c1-8(7-15(2)3)14-21(19,20)11-6-9(13-12)4-5-10(11)16(17)18/h4-6,8,13-14H,7,12H2,1-3H3. The molecule has 21 heavy (non-hydrogen) atoms. The fourth-order valence-corrected chi connectivity index (χ4v) is 3.31. The fourth-order valence-electron chi connectivity index (χ4n) is 1.88.